The van der Waals surface area contributed by atoms with Crippen molar-refractivity contribution in [3.63, 3.8) is 0 Å². The Kier molecular flexibility index (Phi) is 5.38. The molecular weight excluding hydrogens is 262 g/mol. The Morgan fingerprint density at radius 2 is 1.62 bits per heavy atom. The van der Waals surface area contributed by atoms with E-state index in [1.807, 2.05) is 12.1 Å². The average molecular weight is 283 g/mol. The van der Waals surface area contributed by atoms with Crippen molar-refractivity contribution < 1.29 is 9.90 Å². The lowest BCUT2D eigenvalue weighted by Gasteiger charge is -2.08. The van der Waals surface area contributed by atoms with Crippen molar-refractivity contribution in [1.82, 2.24) is 0 Å². The zero-order valence-corrected chi connectivity index (χ0v) is 12.3. The molecule has 0 bridgehead atoms. The van der Waals surface area contributed by atoms with Crippen molar-refractivity contribution in [2.24, 2.45) is 0 Å². The van der Waals surface area contributed by atoms with Crippen LogP contribution in [0.2, 0.25) is 0 Å². The number of nitrogens with one attached hydrogen (secondary N) is 1. The molecule has 0 aliphatic rings. The highest BCUT2D eigenvalue weighted by Crippen LogP contribution is 2.13. The van der Waals surface area contributed by atoms with Crippen LogP contribution < -0.4 is 5.32 Å². The molecule has 0 atom stereocenters. The Bertz CT molecular complexity index is 573. The molecule has 2 aromatic rings. The van der Waals surface area contributed by atoms with Gasteiger partial charge in [-0.25, -0.2) is 4.79 Å². The molecule has 0 amide bonds. The number of carboxylic acid groups (broad SMARTS) is 1. The third-order valence-electron chi connectivity index (χ3n) is 3.47. The van der Waals surface area contributed by atoms with Crippen LogP contribution in [-0.4, -0.2) is 11.1 Å². The van der Waals surface area contributed by atoms with E-state index < -0.39 is 5.97 Å². The number of aromatic carboxylic acids is 1. The van der Waals surface area contributed by atoms with Gasteiger partial charge in [0, 0.05) is 12.2 Å². The number of benzene rings is 2. The molecule has 21 heavy (non-hydrogen) atoms. The van der Waals surface area contributed by atoms with E-state index in [1.54, 1.807) is 12.1 Å². The number of carbonyl (C=O) groups is 1. The quantitative estimate of drug-likeness (QED) is 0.794. The lowest BCUT2D eigenvalue weighted by Crippen LogP contribution is -2.01. The van der Waals surface area contributed by atoms with E-state index in [0.717, 1.165) is 17.7 Å². The van der Waals surface area contributed by atoms with Crippen molar-refractivity contribution in [2.75, 3.05) is 5.32 Å². The van der Waals surface area contributed by atoms with Crippen LogP contribution in [0.15, 0.2) is 48.5 Å². The molecule has 0 aromatic heterocycles. The number of aryl methyl sites for hydroxylation is 1. The normalized spacial score (nSPS) is 10.3. The minimum Gasteiger partial charge on any atom is -0.478 e. The van der Waals surface area contributed by atoms with Crippen LogP contribution >= 0.6 is 0 Å². The fraction of sp³-hybridized carbons (Fsp3) is 0.278. The number of anilines is 1. The summed E-state index contributed by atoms with van der Waals surface area (Å²) in [5.41, 5.74) is 3.83. The predicted octanol–water partition coefficient (Wildman–Crippen LogP) is 4.34. The molecule has 2 N–H and O–H groups in total. The number of hydrogen-bond donors (Lipinski definition) is 2. The standard InChI is InChI=1S/C18H21NO2/c1-2-3-4-14-7-11-17(12-8-14)19-13-15-5-9-16(10-6-15)18(20)21/h5-12,19H,2-4,13H2,1H3,(H,20,21). The van der Waals surface area contributed by atoms with E-state index in [1.165, 1.54) is 18.4 Å². The van der Waals surface area contributed by atoms with Crippen molar-refractivity contribution in [3.8, 4) is 0 Å². The van der Waals surface area contributed by atoms with Crippen molar-refractivity contribution in [2.45, 2.75) is 32.7 Å². The SMILES string of the molecule is CCCCc1ccc(NCc2ccc(C(=O)O)cc2)cc1. The molecule has 0 fully saturated rings. The maximum atomic E-state index is 10.8. The minimum atomic E-state index is -0.892. The highest BCUT2D eigenvalue weighted by atomic mass is 16.4. The van der Waals surface area contributed by atoms with E-state index >= 15 is 0 Å². The molecular formula is C18H21NO2. The first-order valence-electron chi connectivity index (χ1n) is 7.34. The first-order valence-corrected chi connectivity index (χ1v) is 7.34. The Hall–Kier alpha value is -2.29. The summed E-state index contributed by atoms with van der Waals surface area (Å²) < 4.78 is 0. The number of carboxylic acids is 1. The lowest BCUT2D eigenvalue weighted by molar-refractivity contribution is 0.0697. The number of rotatable bonds is 7. The van der Waals surface area contributed by atoms with Gasteiger partial charge in [0.15, 0.2) is 0 Å². The summed E-state index contributed by atoms with van der Waals surface area (Å²) >= 11 is 0. The van der Waals surface area contributed by atoms with Gasteiger partial charge < -0.3 is 10.4 Å². The van der Waals surface area contributed by atoms with Crippen molar-refractivity contribution in [3.05, 3.63) is 65.2 Å². The van der Waals surface area contributed by atoms with Gasteiger partial charge in [0.05, 0.1) is 5.56 Å². The van der Waals surface area contributed by atoms with Crippen LogP contribution in [0.25, 0.3) is 0 Å². The summed E-state index contributed by atoms with van der Waals surface area (Å²) in [5.74, 6) is -0.892. The average Bonchev–Trinajstić information content (AvgIpc) is 2.52. The molecule has 0 spiro atoms. The second-order valence-electron chi connectivity index (χ2n) is 5.16. The molecule has 0 radical (unpaired) electrons. The van der Waals surface area contributed by atoms with Gasteiger partial charge in [0.1, 0.15) is 0 Å². The lowest BCUT2D eigenvalue weighted by atomic mass is 10.1. The first-order chi connectivity index (χ1) is 10.2. The summed E-state index contributed by atoms with van der Waals surface area (Å²) in [6.07, 6.45) is 3.57. The van der Waals surface area contributed by atoms with Crippen LogP contribution in [0.5, 0.6) is 0 Å². The van der Waals surface area contributed by atoms with Crippen LogP contribution in [0.4, 0.5) is 5.69 Å². The topological polar surface area (TPSA) is 49.3 Å². The van der Waals surface area contributed by atoms with Gasteiger partial charge in [-0.2, -0.15) is 0 Å². The first kappa shape index (κ1) is 15.1. The molecule has 2 aromatic carbocycles. The van der Waals surface area contributed by atoms with Gasteiger partial charge in [-0.3, -0.25) is 0 Å². The van der Waals surface area contributed by atoms with E-state index in [2.05, 4.69) is 36.5 Å². The number of unbranched alkanes of at least 4 members (excludes halogenated alkanes) is 1. The maximum absolute atomic E-state index is 10.8. The Morgan fingerprint density at radius 3 is 2.19 bits per heavy atom. The van der Waals surface area contributed by atoms with E-state index in [4.69, 9.17) is 5.11 Å². The summed E-state index contributed by atoms with van der Waals surface area (Å²) in [4.78, 5) is 10.8. The molecule has 0 unspecified atom stereocenters. The third-order valence-corrected chi connectivity index (χ3v) is 3.47. The summed E-state index contributed by atoms with van der Waals surface area (Å²) in [6.45, 7) is 2.89. The molecule has 3 nitrogen and oxygen atoms in total. The largest absolute Gasteiger partial charge is 0.478 e. The van der Waals surface area contributed by atoms with Gasteiger partial charge in [-0.15, -0.1) is 0 Å². The van der Waals surface area contributed by atoms with Gasteiger partial charge in [-0.1, -0.05) is 37.6 Å². The predicted molar refractivity (Wildman–Crippen MR) is 85.8 cm³/mol. The van der Waals surface area contributed by atoms with Crippen LogP contribution in [0.3, 0.4) is 0 Å². The van der Waals surface area contributed by atoms with E-state index in [9.17, 15) is 4.79 Å². The van der Waals surface area contributed by atoms with Crippen LogP contribution in [0, 0.1) is 0 Å². The fourth-order valence-corrected chi connectivity index (χ4v) is 2.14. The zero-order valence-electron chi connectivity index (χ0n) is 12.3. The van der Waals surface area contributed by atoms with Crippen LogP contribution in [0.1, 0.15) is 41.3 Å². The minimum absolute atomic E-state index is 0.319. The Balaban J connectivity index is 1.88. The van der Waals surface area contributed by atoms with E-state index in [-0.39, 0.29) is 0 Å². The highest BCUT2D eigenvalue weighted by Gasteiger charge is 2.01. The van der Waals surface area contributed by atoms with Gasteiger partial charge in [0.25, 0.3) is 0 Å². The summed E-state index contributed by atoms with van der Waals surface area (Å²) in [6, 6.07) is 15.4. The van der Waals surface area contributed by atoms with Gasteiger partial charge in [-0.05, 0) is 48.2 Å². The summed E-state index contributed by atoms with van der Waals surface area (Å²) in [5, 5.41) is 12.2. The molecule has 0 heterocycles. The number of hydrogen-bond acceptors (Lipinski definition) is 2. The maximum Gasteiger partial charge on any atom is 0.335 e. The molecule has 0 aliphatic heterocycles. The zero-order chi connectivity index (χ0) is 15.1. The molecule has 0 saturated heterocycles. The van der Waals surface area contributed by atoms with Gasteiger partial charge in [0.2, 0.25) is 0 Å². The molecule has 110 valence electrons. The molecule has 0 aliphatic carbocycles. The summed E-state index contributed by atoms with van der Waals surface area (Å²) in [7, 11) is 0. The molecule has 3 heteroatoms. The van der Waals surface area contributed by atoms with Crippen molar-refractivity contribution >= 4 is 11.7 Å². The van der Waals surface area contributed by atoms with Crippen molar-refractivity contribution in [1.29, 1.82) is 0 Å². The monoisotopic (exact) mass is 283 g/mol. The molecule has 2 rings (SSSR count). The van der Waals surface area contributed by atoms with E-state index in [0.29, 0.717) is 12.1 Å². The fourth-order valence-electron chi connectivity index (χ4n) is 2.14. The van der Waals surface area contributed by atoms with Gasteiger partial charge >= 0.3 is 5.97 Å². The second kappa shape index (κ2) is 7.48. The second-order valence-corrected chi connectivity index (χ2v) is 5.16. The third kappa shape index (κ3) is 4.63. The Morgan fingerprint density at radius 1 is 1.00 bits per heavy atom. The molecule has 0 saturated carbocycles. The van der Waals surface area contributed by atoms with Crippen LogP contribution in [-0.2, 0) is 13.0 Å². The highest BCUT2D eigenvalue weighted by molar-refractivity contribution is 5.87. The Labute approximate surface area is 125 Å². The smallest absolute Gasteiger partial charge is 0.335 e.